The number of hydrogen-bond acceptors (Lipinski definition) is 6. The number of halogens is 3. The number of tetrazole rings is 1. The molecule has 0 aliphatic rings. The van der Waals surface area contributed by atoms with Crippen LogP contribution < -0.4 is 4.74 Å². The number of aryl methyl sites for hydroxylation is 2. The Morgan fingerprint density at radius 3 is 2.72 bits per heavy atom. The van der Waals surface area contributed by atoms with Gasteiger partial charge in [0.15, 0.2) is 23.9 Å². The second kappa shape index (κ2) is 6.49. The standard InChI is InChI=1S/C14H14F3N7O/c1-3-9-4-5-18-11(6-9)24-12(19-21-22-24)8-25-13-7-10(14(15,16)17)20-23(13)2/h4-7H,3,8H2,1-2H3. The quantitative estimate of drug-likeness (QED) is 0.697. The Morgan fingerprint density at radius 1 is 1.24 bits per heavy atom. The van der Waals surface area contributed by atoms with Crippen LogP contribution >= 0.6 is 0 Å². The molecule has 3 rings (SSSR count). The second-order valence-corrected chi connectivity index (χ2v) is 5.16. The highest BCUT2D eigenvalue weighted by atomic mass is 19.4. The predicted molar refractivity (Wildman–Crippen MR) is 78.9 cm³/mol. The lowest BCUT2D eigenvalue weighted by Crippen LogP contribution is -2.10. The lowest BCUT2D eigenvalue weighted by Gasteiger charge is -2.07. The molecule has 3 heterocycles. The predicted octanol–water partition coefficient (Wildman–Crippen LogP) is 1.95. The maximum atomic E-state index is 12.7. The fraction of sp³-hybridized carbons (Fsp3) is 0.357. The molecule has 8 nitrogen and oxygen atoms in total. The highest BCUT2D eigenvalue weighted by Crippen LogP contribution is 2.30. The van der Waals surface area contributed by atoms with Gasteiger partial charge >= 0.3 is 6.18 Å². The van der Waals surface area contributed by atoms with Gasteiger partial charge in [-0.05, 0) is 34.5 Å². The fourth-order valence-corrected chi connectivity index (χ4v) is 2.13. The smallest absolute Gasteiger partial charge is 0.435 e. The summed E-state index contributed by atoms with van der Waals surface area (Å²) in [6.45, 7) is 1.87. The van der Waals surface area contributed by atoms with E-state index < -0.39 is 11.9 Å². The van der Waals surface area contributed by atoms with Gasteiger partial charge in [0.25, 0.3) is 0 Å². The van der Waals surface area contributed by atoms with Gasteiger partial charge in [-0.3, -0.25) is 0 Å². The Morgan fingerprint density at radius 2 is 2.04 bits per heavy atom. The third-order valence-electron chi connectivity index (χ3n) is 3.45. The summed E-state index contributed by atoms with van der Waals surface area (Å²) in [5, 5.41) is 14.6. The van der Waals surface area contributed by atoms with E-state index in [1.807, 2.05) is 19.1 Å². The fourth-order valence-electron chi connectivity index (χ4n) is 2.13. The van der Waals surface area contributed by atoms with Crippen LogP contribution in [0, 0.1) is 0 Å². The van der Waals surface area contributed by atoms with E-state index in [1.165, 1.54) is 11.7 Å². The minimum absolute atomic E-state index is 0.0443. The molecule has 0 aliphatic heterocycles. The van der Waals surface area contributed by atoms with E-state index in [-0.39, 0.29) is 12.5 Å². The Balaban J connectivity index is 1.79. The van der Waals surface area contributed by atoms with Crippen LogP contribution in [0.4, 0.5) is 13.2 Å². The van der Waals surface area contributed by atoms with E-state index in [0.717, 1.165) is 22.7 Å². The molecular weight excluding hydrogens is 339 g/mol. The molecule has 0 fully saturated rings. The summed E-state index contributed by atoms with van der Waals surface area (Å²) in [7, 11) is 1.36. The average Bonchev–Trinajstić information content (AvgIpc) is 3.19. The summed E-state index contributed by atoms with van der Waals surface area (Å²) in [5.74, 6) is 0.761. The van der Waals surface area contributed by atoms with E-state index in [2.05, 4.69) is 25.6 Å². The van der Waals surface area contributed by atoms with Gasteiger partial charge in [-0.2, -0.15) is 23.0 Å². The van der Waals surface area contributed by atoms with Crippen molar-refractivity contribution in [3.05, 3.63) is 41.5 Å². The number of nitrogens with zero attached hydrogens (tertiary/aromatic N) is 7. The summed E-state index contributed by atoms with van der Waals surface area (Å²) in [6, 6.07) is 4.52. The van der Waals surface area contributed by atoms with Gasteiger partial charge in [-0.15, -0.1) is 5.10 Å². The molecular formula is C14H14F3N7O. The lowest BCUT2D eigenvalue weighted by molar-refractivity contribution is -0.141. The minimum atomic E-state index is -4.54. The van der Waals surface area contributed by atoms with E-state index >= 15 is 0 Å². The van der Waals surface area contributed by atoms with Crippen LogP contribution in [0.1, 0.15) is 24.0 Å². The van der Waals surface area contributed by atoms with Gasteiger partial charge in [0.2, 0.25) is 5.88 Å². The topological polar surface area (TPSA) is 83.5 Å². The van der Waals surface area contributed by atoms with Crippen molar-refractivity contribution in [1.29, 1.82) is 0 Å². The largest absolute Gasteiger partial charge is 0.470 e. The van der Waals surface area contributed by atoms with Gasteiger partial charge in [-0.25, -0.2) is 9.67 Å². The van der Waals surface area contributed by atoms with Crippen molar-refractivity contribution in [1.82, 2.24) is 35.0 Å². The molecule has 0 N–H and O–H groups in total. The number of alkyl halides is 3. The van der Waals surface area contributed by atoms with Crippen LogP contribution in [-0.2, 0) is 26.3 Å². The molecule has 0 saturated carbocycles. The molecule has 0 aromatic carbocycles. The van der Waals surface area contributed by atoms with Crippen LogP contribution in [0.15, 0.2) is 24.4 Å². The second-order valence-electron chi connectivity index (χ2n) is 5.16. The summed E-state index contributed by atoms with van der Waals surface area (Å²) >= 11 is 0. The van der Waals surface area contributed by atoms with Crippen LogP contribution in [0.2, 0.25) is 0 Å². The Hall–Kier alpha value is -2.98. The van der Waals surface area contributed by atoms with Crippen molar-refractivity contribution in [2.24, 2.45) is 7.05 Å². The zero-order chi connectivity index (χ0) is 18.0. The zero-order valence-electron chi connectivity index (χ0n) is 13.4. The van der Waals surface area contributed by atoms with E-state index in [4.69, 9.17) is 4.74 Å². The lowest BCUT2D eigenvalue weighted by atomic mass is 10.2. The molecule has 3 aromatic heterocycles. The van der Waals surface area contributed by atoms with E-state index in [9.17, 15) is 13.2 Å². The van der Waals surface area contributed by atoms with Crippen molar-refractivity contribution in [3.8, 4) is 11.7 Å². The van der Waals surface area contributed by atoms with Gasteiger partial charge in [0.05, 0.1) is 0 Å². The molecule has 3 aromatic rings. The molecule has 0 unspecified atom stereocenters. The molecule has 0 spiro atoms. The number of rotatable bonds is 5. The molecule has 0 atom stereocenters. The van der Waals surface area contributed by atoms with Gasteiger partial charge in [-0.1, -0.05) is 6.92 Å². The molecule has 25 heavy (non-hydrogen) atoms. The number of aromatic nitrogens is 7. The molecule has 0 aliphatic carbocycles. The maximum absolute atomic E-state index is 12.7. The first-order chi connectivity index (χ1) is 11.9. The monoisotopic (exact) mass is 353 g/mol. The average molecular weight is 353 g/mol. The van der Waals surface area contributed by atoms with Crippen LogP contribution in [0.3, 0.4) is 0 Å². The summed E-state index contributed by atoms with van der Waals surface area (Å²) in [4.78, 5) is 4.20. The van der Waals surface area contributed by atoms with E-state index in [1.54, 1.807) is 6.20 Å². The third-order valence-corrected chi connectivity index (χ3v) is 3.45. The van der Waals surface area contributed by atoms with Gasteiger partial charge in [0.1, 0.15) is 0 Å². The first kappa shape index (κ1) is 16.9. The molecule has 0 radical (unpaired) electrons. The van der Waals surface area contributed by atoms with Crippen molar-refractivity contribution >= 4 is 0 Å². The third kappa shape index (κ3) is 3.59. The first-order valence-electron chi connectivity index (χ1n) is 7.35. The number of ether oxygens (including phenoxy) is 1. The Kier molecular flexibility index (Phi) is 4.38. The normalized spacial score (nSPS) is 11.7. The van der Waals surface area contributed by atoms with Gasteiger partial charge < -0.3 is 4.74 Å². The number of hydrogen-bond donors (Lipinski definition) is 0. The Bertz CT molecular complexity index is 871. The van der Waals surface area contributed by atoms with Crippen LogP contribution in [0.5, 0.6) is 5.88 Å². The molecule has 0 amide bonds. The highest BCUT2D eigenvalue weighted by molar-refractivity contribution is 5.27. The van der Waals surface area contributed by atoms with Crippen molar-refractivity contribution in [2.75, 3.05) is 0 Å². The summed E-state index contributed by atoms with van der Waals surface area (Å²) in [5.41, 5.74) is 0.0238. The van der Waals surface area contributed by atoms with E-state index in [0.29, 0.717) is 11.6 Å². The van der Waals surface area contributed by atoms with Crippen molar-refractivity contribution in [3.63, 3.8) is 0 Å². The van der Waals surface area contributed by atoms with Crippen molar-refractivity contribution < 1.29 is 17.9 Å². The number of pyridine rings is 1. The molecule has 11 heteroatoms. The molecule has 0 saturated heterocycles. The summed E-state index contributed by atoms with van der Waals surface area (Å²) < 4.78 is 45.8. The molecule has 132 valence electrons. The maximum Gasteiger partial charge on any atom is 0.435 e. The first-order valence-corrected chi connectivity index (χ1v) is 7.35. The highest BCUT2D eigenvalue weighted by Gasteiger charge is 2.35. The van der Waals surface area contributed by atoms with Gasteiger partial charge in [0, 0.05) is 19.3 Å². The molecule has 0 bridgehead atoms. The Labute approximate surface area is 140 Å². The van der Waals surface area contributed by atoms with Crippen LogP contribution in [0.25, 0.3) is 5.82 Å². The summed E-state index contributed by atoms with van der Waals surface area (Å²) in [6.07, 6.45) is -2.08. The SMILES string of the molecule is CCc1ccnc(-n2nnnc2COc2cc(C(F)(F)F)nn2C)c1. The zero-order valence-corrected chi connectivity index (χ0v) is 13.4. The minimum Gasteiger partial charge on any atom is -0.470 e. The van der Waals surface area contributed by atoms with Crippen molar-refractivity contribution in [2.45, 2.75) is 26.1 Å². The van der Waals surface area contributed by atoms with Crippen LogP contribution in [-0.4, -0.2) is 35.0 Å².